The van der Waals surface area contributed by atoms with E-state index in [1.807, 2.05) is 0 Å². The highest BCUT2D eigenvalue weighted by Gasteiger charge is 2.18. The molecule has 0 aliphatic rings. The molecule has 0 saturated heterocycles. The molecule has 0 saturated carbocycles. The molecule has 19 heavy (non-hydrogen) atoms. The Kier molecular flexibility index (Phi) is 4.20. The summed E-state index contributed by atoms with van der Waals surface area (Å²) in [6, 6.07) is 12.7. The average molecular weight is 295 g/mol. The molecule has 0 atom stereocenters. The molecule has 2 aromatic rings. The maximum Gasteiger partial charge on any atom is 0.347 e. The highest BCUT2D eigenvalue weighted by Crippen LogP contribution is 2.26. The van der Waals surface area contributed by atoms with Crippen LogP contribution in [0.2, 0.25) is 10.0 Å². The maximum atomic E-state index is 11.8. The van der Waals surface area contributed by atoms with Crippen molar-refractivity contribution < 1.29 is 14.3 Å². The van der Waals surface area contributed by atoms with E-state index < -0.39 is 11.9 Å². The summed E-state index contributed by atoms with van der Waals surface area (Å²) in [5.41, 5.74) is 0.340. The zero-order valence-electron chi connectivity index (χ0n) is 9.60. The Hall–Kier alpha value is -1.84. The van der Waals surface area contributed by atoms with E-state index in [1.54, 1.807) is 42.5 Å². The van der Waals surface area contributed by atoms with E-state index in [-0.39, 0.29) is 21.2 Å². The first-order valence-electron chi connectivity index (χ1n) is 5.35. The van der Waals surface area contributed by atoms with Crippen molar-refractivity contribution in [3.63, 3.8) is 0 Å². The molecule has 0 aromatic heterocycles. The molecular weight excluding hydrogens is 287 g/mol. The number of carbonyl (C=O) groups is 2. The Morgan fingerprint density at radius 3 is 2.21 bits per heavy atom. The summed E-state index contributed by atoms with van der Waals surface area (Å²) in [5.74, 6) is -1.57. The number of ether oxygens (including phenoxy) is 1. The van der Waals surface area contributed by atoms with Gasteiger partial charge >= 0.3 is 11.9 Å². The monoisotopic (exact) mass is 294 g/mol. The predicted molar refractivity (Wildman–Crippen MR) is 72.7 cm³/mol. The zero-order chi connectivity index (χ0) is 13.8. The topological polar surface area (TPSA) is 43.4 Å². The Bertz CT molecular complexity index is 624. The van der Waals surface area contributed by atoms with Crippen molar-refractivity contribution in [1.29, 1.82) is 0 Å². The van der Waals surface area contributed by atoms with Crippen LogP contribution < -0.4 is 0 Å². The van der Waals surface area contributed by atoms with Gasteiger partial charge in [0.05, 0.1) is 21.2 Å². The van der Waals surface area contributed by atoms with Gasteiger partial charge in [-0.1, -0.05) is 47.5 Å². The molecule has 3 nitrogen and oxygen atoms in total. The van der Waals surface area contributed by atoms with Crippen LogP contribution in [-0.4, -0.2) is 11.9 Å². The van der Waals surface area contributed by atoms with Crippen molar-refractivity contribution in [1.82, 2.24) is 0 Å². The minimum absolute atomic E-state index is 0.0541. The van der Waals surface area contributed by atoms with Crippen molar-refractivity contribution in [2.24, 2.45) is 0 Å². The predicted octanol–water partition coefficient (Wildman–Crippen LogP) is 3.99. The first-order valence-corrected chi connectivity index (χ1v) is 6.11. The molecule has 0 aliphatic heterocycles. The Morgan fingerprint density at radius 1 is 0.842 bits per heavy atom. The molecule has 2 rings (SSSR count). The molecule has 0 N–H and O–H groups in total. The van der Waals surface area contributed by atoms with Gasteiger partial charge in [0.2, 0.25) is 0 Å². The maximum absolute atomic E-state index is 11.8. The molecule has 0 aliphatic carbocycles. The number of benzene rings is 2. The lowest BCUT2D eigenvalue weighted by molar-refractivity contribution is 0.0398. The molecule has 0 fully saturated rings. The molecule has 0 amide bonds. The van der Waals surface area contributed by atoms with Crippen LogP contribution in [0.25, 0.3) is 0 Å². The van der Waals surface area contributed by atoms with Gasteiger partial charge in [0.25, 0.3) is 0 Å². The summed E-state index contributed by atoms with van der Waals surface area (Å²) in [7, 11) is 0. The second-order valence-corrected chi connectivity index (χ2v) is 4.43. The number of halogens is 2. The molecule has 0 spiro atoms. The normalized spacial score (nSPS) is 10.0. The third kappa shape index (κ3) is 3.13. The van der Waals surface area contributed by atoms with Gasteiger partial charge in [-0.05, 0) is 24.3 Å². The first kappa shape index (κ1) is 13.6. The van der Waals surface area contributed by atoms with E-state index in [2.05, 4.69) is 0 Å². The Morgan fingerprint density at radius 2 is 1.53 bits per heavy atom. The van der Waals surface area contributed by atoms with Gasteiger partial charge in [-0.15, -0.1) is 0 Å². The molecular formula is C14H8Cl2O3. The molecule has 2 aromatic carbocycles. The fourth-order valence-electron chi connectivity index (χ4n) is 1.43. The van der Waals surface area contributed by atoms with E-state index >= 15 is 0 Å². The number of hydrogen-bond donors (Lipinski definition) is 0. The van der Waals surface area contributed by atoms with E-state index in [0.717, 1.165) is 0 Å². The Balaban J connectivity index is 2.18. The molecule has 0 bridgehead atoms. The van der Waals surface area contributed by atoms with E-state index in [1.165, 1.54) is 6.07 Å². The zero-order valence-corrected chi connectivity index (χ0v) is 11.1. The smallest absolute Gasteiger partial charge is 0.347 e. The third-order valence-corrected chi connectivity index (χ3v) is 3.19. The standard InChI is InChI=1S/C14H8Cl2O3/c15-11-8-4-7-10(12(11)16)14(18)19-13(17)9-5-2-1-3-6-9/h1-8H. The summed E-state index contributed by atoms with van der Waals surface area (Å²) < 4.78 is 4.74. The van der Waals surface area contributed by atoms with E-state index in [4.69, 9.17) is 27.9 Å². The van der Waals surface area contributed by atoms with Gasteiger partial charge in [0.15, 0.2) is 0 Å². The number of esters is 2. The summed E-state index contributed by atoms with van der Waals surface area (Å²) in [5, 5.41) is 0.290. The molecule has 0 heterocycles. The first-order chi connectivity index (χ1) is 9.09. The Labute approximate surface area is 119 Å². The minimum Gasteiger partial charge on any atom is -0.386 e. The molecule has 0 radical (unpaired) electrons. The van der Waals surface area contributed by atoms with Gasteiger partial charge in [0.1, 0.15) is 0 Å². The van der Waals surface area contributed by atoms with Crippen LogP contribution in [-0.2, 0) is 4.74 Å². The van der Waals surface area contributed by atoms with Crippen molar-refractivity contribution in [3.05, 3.63) is 69.7 Å². The van der Waals surface area contributed by atoms with Crippen molar-refractivity contribution >= 4 is 35.1 Å². The number of hydrogen-bond acceptors (Lipinski definition) is 3. The second kappa shape index (κ2) is 5.87. The van der Waals surface area contributed by atoms with Gasteiger partial charge < -0.3 is 4.74 Å². The fourth-order valence-corrected chi connectivity index (χ4v) is 1.81. The lowest BCUT2D eigenvalue weighted by Crippen LogP contribution is -2.13. The van der Waals surface area contributed by atoms with Crippen LogP contribution in [0, 0.1) is 0 Å². The van der Waals surface area contributed by atoms with Crippen LogP contribution in [0.4, 0.5) is 0 Å². The highest BCUT2D eigenvalue weighted by atomic mass is 35.5. The lowest BCUT2D eigenvalue weighted by atomic mass is 10.2. The minimum atomic E-state index is -0.832. The van der Waals surface area contributed by atoms with Gasteiger partial charge in [-0.2, -0.15) is 0 Å². The van der Waals surface area contributed by atoms with E-state index in [9.17, 15) is 9.59 Å². The van der Waals surface area contributed by atoms with Crippen LogP contribution >= 0.6 is 23.2 Å². The highest BCUT2D eigenvalue weighted by molar-refractivity contribution is 6.43. The van der Waals surface area contributed by atoms with Crippen molar-refractivity contribution in [2.45, 2.75) is 0 Å². The third-order valence-electron chi connectivity index (χ3n) is 2.37. The fraction of sp³-hybridized carbons (Fsp3) is 0. The van der Waals surface area contributed by atoms with Crippen LogP contribution in [0.1, 0.15) is 20.7 Å². The lowest BCUT2D eigenvalue weighted by Gasteiger charge is -2.05. The van der Waals surface area contributed by atoms with Gasteiger partial charge in [-0.3, -0.25) is 0 Å². The molecule has 96 valence electrons. The largest absolute Gasteiger partial charge is 0.386 e. The van der Waals surface area contributed by atoms with Gasteiger partial charge in [0, 0.05) is 0 Å². The van der Waals surface area contributed by atoms with Gasteiger partial charge in [-0.25, -0.2) is 9.59 Å². The quantitative estimate of drug-likeness (QED) is 0.621. The van der Waals surface area contributed by atoms with Crippen LogP contribution in [0.5, 0.6) is 0 Å². The summed E-state index contributed by atoms with van der Waals surface area (Å²) in [4.78, 5) is 23.5. The molecule has 0 unspecified atom stereocenters. The summed E-state index contributed by atoms with van der Waals surface area (Å²) in [6.45, 7) is 0. The summed E-state index contributed by atoms with van der Waals surface area (Å²) >= 11 is 11.7. The SMILES string of the molecule is O=C(OC(=O)c1cccc(Cl)c1Cl)c1ccccc1. The summed E-state index contributed by atoms with van der Waals surface area (Å²) in [6.07, 6.45) is 0. The number of carbonyl (C=O) groups excluding carboxylic acids is 2. The second-order valence-electron chi connectivity index (χ2n) is 3.64. The van der Waals surface area contributed by atoms with Crippen LogP contribution in [0.3, 0.4) is 0 Å². The van der Waals surface area contributed by atoms with Crippen LogP contribution in [0.15, 0.2) is 48.5 Å². The molecule has 5 heteroatoms. The average Bonchev–Trinajstić information content (AvgIpc) is 2.42. The number of rotatable bonds is 2. The van der Waals surface area contributed by atoms with Crippen molar-refractivity contribution in [2.75, 3.05) is 0 Å². The van der Waals surface area contributed by atoms with E-state index in [0.29, 0.717) is 0 Å². The van der Waals surface area contributed by atoms with Crippen molar-refractivity contribution in [3.8, 4) is 0 Å².